The smallest absolute Gasteiger partial charge is 0.307 e. The minimum atomic E-state index is -0.310. The summed E-state index contributed by atoms with van der Waals surface area (Å²) in [6.45, 7) is 0. The van der Waals surface area contributed by atoms with Gasteiger partial charge in [-0.25, -0.2) is 0 Å². The molecule has 0 aliphatic rings. The number of nitrogens with zero attached hydrogens (tertiary/aromatic N) is 1. The fraction of sp³-hybridized carbons (Fsp3) is 0.333. The highest BCUT2D eigenvalue weighted by atomic mass is 16.5. The summed E-state index contributed by atoms with van der Waals surface area (Å²) < 4.78 is 4.51. The number of hydrogen-bond acceptors (Lipinski definition) is 4. The van der Waals surface area contributed by atoms with Crippen LogP contribution in [-0.4, -0.2) is 18.1 Å². The van der Waals surface area contributed by atoms with Crippen molar-refractivity contribution in [2.45, 2.75) is 12.5 Å². The molecule has 4 nitrogen and oxygen atoms in total. The van der Waals surface area contributed by atoms with Gasteiger partial charge in [-0.3, -0.25) is 9.78 Å². The predicted molar refractivity (Wildman–Crippen MR) is 47.8 cm³/mol. The second-order valence-corrected chi connectivity index (χ2v) is 2.67. The molecule has 1 rings (SSSR count). The van der Waals surface area contributed by atoms with Crippen LogP contribution in [0.4, 0.5) is 0 Å². The minimum Gasteiger partial charge on any atom is -0.469 e. The van der Waals surface area contributed by atoms with Gasteiger partial charge >= 0.3 is 5.97 Å². The number of methoxy groups -OCH3 is 1. The largest absolute Gasteiger partial charge is 0.469 e. The van der Waals surface area contributed by atoms with Crippen molar-refractivity contribution in [3.05, 3.63) is 30.1 Å². The molecule has 2 N–H and O–H groups in total. The molecule has 0 aliphatic carbocycles. The molecule has 0 spiro atoms. The Hall–Kier alpha value is -1.42. The van der Waals surface area contributed by atoms with Crippen LogP contribution in [0.5, 0.6) is 0 Å². The molecule has 1 atom stereocenters. The van der Waals surface area contributed by atoms with Gasteiger partial charge < -0.3 is 10.5 Å². The van der Waals surface area contributed by atoms with Crippen molar-refractivity contribution in [3.8, 4) is 0 Å². The van der Waals surface area contributed by atoms with Crippen LogP contribution in [0.3, 0.4) is 0 Å². The zero-order valence-electron chi connectivity index (χ0n) is 7.43. The first-order chi connectivity index (χ1) is 6.24. The van der Waals surface area contributed by atoms with Crippen LogP contribution in [0.15, 0.2) is 24.5 Å². The van der Waals surface area contributed by atoms with Gasteiger partial charge in [-0.15, -0.1) is 0 Å². The number of esters is 1. The van der Waals surface area contributed by atoms with Gasteiger partial charge in [0.05, 0.1) is 13.5 Å². The lowest BCUT2D eigenvalue weighted by Gasteiger charge is -2.09. The lowest BCUT2D eigenvalue weighted by molar-refractivity contribution is -0.141. The molecule has 0 unspecified atom stereocenters. The van der Waals surface area contributed by atoms with Crippen molar-refractivity contribution < 1.29 is 9.53 Å². The molecule has 0 aromatic carbocycles. The fourth-order valence-electron chi connectivity index (χ4n) is 0.991. The van der Waals surface area contributed by atoms with Gasteiger partial charge in [-0.1, -0.05) is 0 Å². The van der Waals surface area contributed by atoms with E-state index in [4.69, 9.17) is 5.73 Å². The van der Waals surface area contributed by atoms with E-state index in [1.165, 1.54) is 7.11 Å². The summed E-state index contributed by atoms with van der Waals surface area (Å²) in [5, 5.41) is 0. The first kappa shape index (κ1) is 9.67. The second-order valence-electron chi connectivity index (χ2n) is 2.67. The maximum absolute atomic E-state index is 10.9. The molecule has 4 heteroatoms. The van der Waals surface area contributed by atoms with E-state index < -0.39 is 0 Å². The monoisotopic (exact) mass is 180 g/mol. The Labute approximate surface area is 76.7 Å². The molecule has 0 bridgehead atoms. The van der Waals surface area contributed by atoms with E-state index >= 15 is 0 Å². The molecular weight excluding hydrogens is 168 g/mol. The Morgan fingerprint density at radius 2 is 2.23 bits per heavy atom. The Morgan fingerprint density at radius 3 is 2.77 bits per heavy atom. The number of carbonyl (C=O) groups excluding carboxylic acids is 1. The third-order valence-electron chi connectivity index (χ3n) is 1.75. The first-order valence-electron chi connectivity index (χ1n) is 3.96. The average Bonchev–Trinajstić information content (AvgIpc) is 2.19. The number of carbonyl (C=O) groups is 1. The van der Waals surface area contributed by atoms with Crippen LogP contribution in [0.25, 0.3) is 0 Å². The molecule has 0 radical (unpaired) electrons. The Balaban J connectivity index is 2.59. The van der Waals surface area contributed by atoms with Crippen molar-refractivity contribution in [3.63, 3.8) is 0 Å². The summed E-state index contributed by atoms with van der Waals surface area (Å²) in [6, 6.07) is 3.26. The molecule has 1 aromatic heterocycles. The summed E-state index contributed by atoms with van der Waals surface area (Å²) in [6.07, 6.45) is 3.49. The summed E-state index contributed by atoms with van der Waals surface area (Å²) in [4.78, 5) is 14.7. The molecule has 0 fully saturated rings. The zero-order valence-corrected chi connectivity index (χ0v) is 7.43. The van der Waals surface area contributed by atoms with E-state index in [2.05, 4.69) is 9.72 Å². The third kappa shape index (κ3) is 2.83. The van der Waals surface area contributed by atoms with Crippen LogP contribution in [-0.2, 0) is 9.53 Å². The Kier molecular flexibility index (Phi) is 3.40. The van der Waals surface area contributed by atoms with Crippen LogP contribution < -0.4 is 5.73 Å². The van der Waals surface area contributed by atoms with Crippen molar-refractivity contribution in [2.75, 3.05) is 7.11 Å². The van der Waals surface area contributed by atoms with E-state index in [-0.39, 0.29) is 18.4 Å². The van der Waals surface area contributed by atoms with Crippen molar-refractivity contribution in [2.24, 2.45) is 5.73 Å². The van der Waals surface area contributed by atoms with Crippen LogP contribution in [0.2, 0.25) is 0 Å². The highest BCUT2D eigenvalue weighted by Gasteiger charge is 2.10. The zero-order chi connectivity index (χ0) is 9.68. The lowest BCUT2D eigenvalue weighted by atomic mass is 10.1. The van der Waals surface area contributed by atoms with Gasteiger partial charge in [0.25, 0.3) is 0 Å². The van der Waals surface area contributed by atoms with Crippen LogP contribution in [0.1, 0.15) is 18.0 Å². The summed E-state index contributed by atoms with van der Waals surface area (Å²) in [5.74, 6) is -0.302. The van der Waals surface area contributed by atoms with Gasteiger partial charge in [-0.05, 0) is 17.7 Å². The van der Waals surface area contributed by atoms with Crippen LogP contribution in [0, 0.1) is 0 Å². The molecule has 0 saturated carbocycles. The number of rotatable bonds is 3. The van der Waals surface area contributed by atoms with Crippen molar-refractivity contribution in [1.29, 1.82) is 0 Å². The molecule has 0 amide bonds. The molecule has 1 aromatic rings. The van der Waals surface area contributed by atoms with Gasteiger partial charge in [0.1, 0.15) is 0 Å². The van der Waals surface area contributed by atoms with Gasteiger partial charge in [-0.2, -0.15) is 0 Å². The Bertz CT molecular complexity index is 274. The van der Waals surface area contributed by atoms with Gasteiger partial charge in [0.2, 0.25) is 0 Å². The topological polar surface area (TPSA) is 65.2 Å². The highest BCUT2D eigenvalue weighted by Crippen LogP contribution is 2.12. The van der Waals surface area contributed by atoms with E-state index in [9.17, 15) is 4.79 Å². The van der Waals surface area contributed by atoms with Crippen LogP contribution >= 0.6 is 0 Å². The maximum atomic E-state index is 10.9. The molecule has 0 aliphatic heterocycles. The lowest BCUT2D eigenvalue weighted by Crippen LogP contribution is -2.16. The summed E-state index contributed by atoms with van der Waals surface area (Å²) >= 11 is 0. The van der Waals surface area contributed by atoms with E-state index in [1.807, 2.05) is 0 Å². The van der Waals surface area contributed by atoms with E-state index in [0.717, 1.165) is 5.56 Å². The third-order valence-corrected chi connectivity index (χ3v) is 1.75. The molecule has 13 heavy (non-hydrogen) atoms. The fourth-order valence-corrected chi connectivity index (χ4v) is 0.991. The summed E-state index contributed by atoms with van der Waals surface area (Å²) in [7, 11) is 1.35. The van der Waals surface area contributed by atoms with E-state index in [1.54, 1.807) is 24.5 Å². The van der Waals surface area contributed by atoms with Crippen molar-refractivity contribution >= 4 is 5.97 Å². The first-order valence-corrected chi connectivity index (χ1v) is 3.96. The van der Waals surface area contributed by atoms with Gasteiger partial charge in [0.15, 0.2) is 0 Å². The number of ether oxygens (including phenoxy) is 1. The predicted octanol–water partition coefficient (Wildman–Crippen LogP) is 0.644. The number of hydrogen-bond donors (Lipinski definition) is 1. The van der Waals surface area contributed by atoms with E-state index in [0.29, 0.717) is 0 Å². The summed E-state index contributed by atoms with van der Waals surface area (Å²) in [5.41, 5.74) is 6.63. The molecule has 70 valence electrons. The quantitative estimate of drug-likeness (QED) is 0.693. The average molecular weight is 180 g/mol. The molecule has 0 saturated heterocycles. The molecular formula is C9H12N2O2. The minimum absolute atomic E-state index is 0.195. The normalized spacial score (nSPS) is 12.2. The Morgan fingerprint density at radius 1 is 1.62 bits per heavy atom. The SMILES string of the molecule is COC(=O)C[C@@H](N)c1ccncc1. The highest BCUT2D eigenvalue weighted by molar-refractivity contribution is 5.70. The second kappa shape index (κ2) is 4.57. The van der Waals surface area contributed by atoms with Gasteiger partial charge in [0, 0.05) is 18.4 Å². The standard InChI is InChI=1S/C9H12N2O2/c1-13-9(12)6-8(10)7-2-4-11-5-3-7/h2-5,8H,6,10H2,1H3/t8-/m1/s1. The number of aromatic nitrogens is 1. The number of pyridine rings is 1. The molecule has 1 heterocycles. The van der Waals surface area contributed by atoms with Crippen molar-refractivity contribution in [1.82, 2.24) is 4.98 Å². The number of nitrogens with two attached hydrogens (primary N) is 1. The maximum Gasteiger partial charge on any atom is 0.307 e.